The molecule has 0 atom stereocenters. The van der Waals surface area contributed by atoms with Gasteiger partial charge in [0.25, 0.3) is 15.9 Å². The van der Waals surface area contributed by atoms with Gasteiger partial charge in [0.15, 0.2) is 0 Å². The molecular weight excluding hydrogens is 452 g/mol. The van der Waals surface area contributed by atoms with E-state index in [9.17, 15) is 13.2 Å². The molecular formula is C22H19ClN4O4S. The molecule has 0 saturated heterocycles. The van der Waals surface area contributed by atoms with E-state index in [-0.39, 0.29) is 4.90 Å². The Labute approximate surface area is 189 Å². The van der Waals surface area contributed by atoms with E-state index in [1.165, 1.54) is 31.4 Å². The molecule has 0 aliphatic carbocycles. The van der Waals surface area contributed by atoms with Crippen molar-refractivity contribution in [2.24, 2.45) is 7.05 Å². The molecule has 4 aromatic rings. The van der Waals surface area contributed by atoms with E-state index in [0.29, 0.717) is 33.5 Å². The van der Waals surface area contributed by atoms with Gasteiger partial charge < -0.3 is 9.30 Å². The van der Waals surface area contributed by atoms with Crippen LogP contribution in [0.25, 0.3) is 11.0 Å². The average molecular weight is 471 g/mol. The van der Waals surface area contributed by atoms with Gasteiger partial charge in [0.2, 0.25) is 5.95 Å². The van der Waals surface area contributed by atoms with Crippen LogP contribution < -0.4 is 14.8 Å². The first-order chi connectivity index (χ1) is 15.3. The quantitative estimate of drug-likeness (QED) is 0.437. The van der Waals surface area contributed by atoms with E-state index in [1.807, 2.05) is 6.07 Å². The van der Waals surface area contributed by atoms with E-state index >= 15 is 0 Å². The summed E-state index contributed by atoms with van der Waals surface area (Å²) in [6.45, 7) is 0. The Hall–Kier alpha value is -3.56. The van der Waals surface area contributed by atoms with Gasteiger partial charge in [-0.25, -0.2) is 13.4 Å². The number of amides is 1. The van der Waals surface area contributed by atoms with Gasteiger partial charge in [-0.05, 0) is 66.7 Å². The van der Waals surface area contributed by atoms with Crippen molar-refractivity contribution in [3.63, 3.8) is 0 Å². The van der Waals surface area contributed by atoms with Crippen LogP contribution in [0.5, 0.6) is 5.75 Å². The van der Waals surface area contributed by atoms with Crippen LogP contribution in [0.1, 0.15) is 10.4 Å². The van der Waals surface area contributed by atoms with Crippen LogP contribution in [0.3, 0.4) is 0 Å². The predicted octanol–water partition coefficient (Wildman–Crippen LogP) is 4.29. The maximum absolute atomic E-state index is 12.7. The fourth-order valence-electron chi connectivity index (χ4n) is 3.12. The van der Waals surface area contributed by atoms with Gasteiger partial charge in [-0.3, -0.25) is 14.8 Å². The molecule has 164 valence electrons. The molecule has 2 N–H and O–H groups in total. The molecule has 32 heavy (non-hydrogen) atoms. The van der Waals surface area contributed by atoms with Crippen molar-refractivity contribution in [1.82, 2.24) is 9.55 Å². The molecule has 0 aliphatic rings. The predicted molar refractivity (Wildman–Crippen MR) is 124 cm³/mol. The smallest absolute Gasteiger partial charge is 0.261 e. The number of fused-ring (bicyclic) bond motifs is 1. The molecule has 0 bridgehead atoms. The zero-order valence-corrected chi connectivity index (χ0v) is 18.7. The maximum atomic E-state index is 12.7. The lowest BCUT2D eigenvalue weighted by atomic mass is 10.2. The summed E-state index contributed by atoms with van der Waals surface area (Å²) in [5.74, 6) is 0.554. The highest BCUT2D eigenvalue weighted by atomic mass is 35.5. The molecule has 3 aromatic carbocycles. The van der Waals surface area contributed by atoms with Crippen molar-refractivity contribution < 1.29 is 17.9 Å². The highest BCUT2D eigenvalue weighted by molar-refractivity contribution is 7.92. The summed E-state index contributed by atoms with van der Waals surface area (Å²) in [7, 11) is -0.506. The molecule has 1 aromatic heterocycles. The van der Waals surface area contributed by atoms with E-state index in [1.54, 1.807) is 48.0 Å². The van der Waals surface area contributed by atoms with Gasteiger partial charge in [0.1, 0.15) is 5.75 Å². The minimum absolute atomic E-state index is 0.0299. The van der Waals surface area contributed by atoms with Gasteiger partial charge in [-0.15, -0.1) is 0 Å². The van der Waals surface area contributed by atoms with Crippen LogP contribution in [0.2, 0.25) is 5.02 Å². The summed E-state index contributed by atoms with van der Waals surface area (Å²) in [5.41, 5.74) is 2.16. The standard InChI is InChI=1S/C22H19ClN4O4S/c1-27-20-12-5-15(23)13-19(20)24-22(27)25-21(28)14-3-10-18(11-4-14)32(29,30)26-16-6-8-17(31-2)9-7-16/h3-13,26H,1-2H3,(H,24,25,28). The highest BCUT2D eigenvalue weighted by Gasteiger charge is 2.17. The summed E-state index contributed by atoms with van der Waals surface area (Å²) < 4.78 is 34.6. The van der Waals surface area contributed by atoms with E-state index in [4.69, 9.17) is 16.3 Å². The van der Waals surface area contributed by atoms with Gasteiger partial charge >= 0.3 is 0 Å². The average Bonchev–Trinajstić information content (AvgIpc) is 3.08. The topological polar surface area (TPSA) is 102 Å². The van der Waals surface area contributed by atoms with Crippen molar-refractivity contribution >= 4 is 50.2 Å². The Bertz CT molecular complexity index is 1400. The van der Waals surface area contributed by atoms with E-state index < -0.39 is 15.9 Å². The normalized spacial score (nSPS) is 11.3. The van der Waals surface area contributed by atoms with Crippen LogP contribution in [0, 0.1) is 0 Å². The van der Waals surface area contributed by atoms with Crippen molar-refractivity contribution in [2.75, 3.05) is 17.1 Å². The number of nitrogens with one attached hydrogen (secondary N) is 2. The SMILES string of the molecule is COc1ccc(NS(=O)(=O)c2ccc(C(=O)Nc3nc4cc(Cl)ccc4n3C)cc2)cc1. The van der Waals surface area contributed by atoms with Crippen LogP contribution in [0.15, 0.2) is 71.6 Å². The summed E-state index contributed by atoms with van der Waals surface area (Å²) >= 11 is 6.00. The highest BCUT2D eigenvalue weighted by Crippen LogP contribution is 2.23. The van der Waals surface area contributed by atoms with Gasteiger partial charge in [-0.1, -0.05) is 11.6 Å². The van der Waals surface area contributed by atoms with Crippen LogP contribution in [-0.4, -0.2) is 31.0 Å². The number of carbonyl (C=O) groups is 1. The molecule has 0 spiro atoms. The van der Waals surface area contributed by atoms with Gasteiger partial charge in [-0.2, -0.15) is 0 Å². The fourth-order valence-corrected chi connectivity index (χ4v) is 4.34. The Kier molecular flexibility index (Phi) is 5.77. The zero-order valence-electron chi connectivity index (χ0n) is 17.2. The van der Waals surface area contributed by atoms with E-state index in [0.717, 1.165) is 5.52 Å². The summed E-state index contributed by atoms with van der Waals surface area (Å²) in [4.78, 5) is 17.1. The Morgan fingerprint density at radius 2 is 1.72 bits per heavy atom. The number of nitrogens with zero attached hydrogens (tertiary/aromatic N) is 2. The molecule has 1 amide bonds. The zero-order chi connectivity index (χ0) is 22.9. The molecule has 1 heterocycles. The Morgan fingerprint density at radius 1 is 1.03 bits per heavy atom. The number of imidazole rings is 1. The third-order valence-corrected chi connectivity index (χ3v) is 6.47. The van der Waals surface area contributed by atoms with E-state index in [2.05, 4.69) is 15.0 Å². The van der Waals surface area contributed by atoms with Gasteiger partial charge in [0, 0.05) is 23.3 Å². The van der Waals surface area contributed by atoms with Crippen molar-refractivity contribution in [3.8, 4) is 5.75 Å². The lowest BCUT2D eigenvalue weighted by Gasteiger charge is -2.10. The minimum atomic E-state index is -3.81. The number of aromatic nitrogens is 2. The third kappa shape index (κ3) is 4.39. The summed E-state index contributed by atoms with van der Waals surface area (Å²) in [5, 5.41) is 3.29. The van der Waals surface area contributed by atoms with Crippen molar-refractivity contribution in [3.05, 3.63) is 77.3 Å². The Morgan fingerprint density at radius 3 is 2.38 bits per heavy atom. The second kappa shape index (κ2) is 8.52. The molecule has 0 radical (unpaired) electrons. The number of hydrogen-bond donors (Lipinski definition) is 2. The number of sulfonamides is 1. The number of benzene rings is 3. The number of anilines is 2. The fraction of sp³-hybridized carbons (Fsp3) is 0.0909. The van der Waals surface area contributed by atoms with Crippen LogP contribution in [0.4, 0.5) is 11.6 Å². The molecule has 8 nitrogen and oxygen atoms in total. The number of ether oxygens (including phenoxy) is 1. The first kappa shape index (κ1) is 21.7. The third-order valence-electron chi connectivity index (χ3n) is 4.84. The number of aryl methyl sites for hydroxylation is 1. The minimum Gasteiger partial charge on any atom is -0.497 e. The van der Waals surface area contributed by atoms with Crippen LogP contribution >= 0.6 is 11.6 Å². The monoisotopic (exact) mass is 470 g/mol. The first-order valence-corrected chi connectivity index (χ1v) is 11.3. The van der Waals surface area contributed by atoms with Crippen molar-refractivity contribution in [2.45, 2.75) is 4.90 Å². The summed E-state index contributed by atoms with van der Waals surface area (Å²) in [6.07, 6.45) is 0. The lowest BCUT2D eigenvalue weighted by molar-refractivity contribution is 0.102. The molecule has 10 heteroatoms. The number of halogens is 1. The molecule has 4 rings (SSSR count). The van der Waals surface area contributed by atoms with Crippen LogP contribution in [-0.2, 0) is 17.1 Å². The lowest BCUT2D eigenvalue weighted by Crippen LogP contribution is -2.16. The van der Waals surface area contributed by atoms with Crippen molar-refractivity contribution in [1.29, 1.82) is 0 Å². The molecule has 0 unspecified atom stereocenters. The molecule has 0 saturated carbocycles. The molecule has 0 aliphatic heterocycles. The van der Waals surface area contributed by atoms with Gasteiger partial charge in [0.05, 0.1) is 23.0 Å². The summed E-state index contributed by atoms with van der Waals surface area (Å²) in [6, 6.07) is 17.4. The Balaban J connectivity index is 1.50. The maximum Gasteiger partial charge on any atom is 0.261 e. The number of methoxy groups -OCH3 is 1. The molecule has 0 fully saturated rings. The number of carbonyl (C=O) groups excluding carboxylic acids is 1. The largest absolute Gasteiger partial charge is 0.497 e. The second-order valence-electron chi connectivity index (χ2n) is 6.94. The number of hydrogen-bond acceptors (Lipinski definition) is 5. The second-order valence-corrected chi connectivity index (χ2v) is 9.06. The first-order valence-electron chi connectivity index (χ1n) is 9.47. The number of rotatable bonds is 6.